The lowest BCUT2D eigenvalue weighted by molar-refractivity contribution is 0.312. The van der Waals surface area contributed by atoms with Crippen LogP contribution in [0.4, 0.5) is 23.1 Å². The number of methoxy groups -OCH3 is 1. The third-order valence-corrected chi connectivity index (χ3v) is 6.70. The topological polar surface area (TPSA) is 53.5 Å². The molecule has 3 aromatic rings. The highest BCUT2D eigenvalue weighted by Gasteiger charge is 2.36. The molecule has 6 nitrogen and oxygen atoms in total. The molecular weight excluding hydrogens is 422 g/mol. The van der Waals surface area contributed by atoms with Crippen LogP contribution in [0.1, 0.15) is 30.5 Å². The van der Waals surface area contributed by atoms with Gasteiger partial charge in [0, 0.05) is 30.7 Å². The molecule has 7 heteroatoms. The second kappa shape index (κ2) is 7.94. The van der Waals surface area contributed by atoms with Crippen molar-refractivity contribution >= 4 is 34.7 Å². The summed E-state index contributed by atoms with van der Waals surface area (Å²) in [5.41, 5.74) is 5.93. The number of nitrogens with zero attached hydrogens (tertiary/aromatic N) is 4. The monoisotopic (exact) mass is 449 g/mol. The lowest BCUT2D eigenvalue weighted by Gasteiger charge is -2.26. The van der Waals surface area contributed by atoms with Crippen molar-refractivity contribution in [1.29, 1.82) is 0 Å². The number of anilines is 4. The van der Waals surface area contributed by atoms with Gasteiger partial charge in [0.2, 0.25) is 5.95 Å². The maximum absolute atomic E-state index is 6.58. The van der Waals surface area contributed by atoms with E-state index in [1.54, 1.807) is 13.3 Å². The molecule has 0 unspecified atom stereocenters. The zero-order valence-corrected chi connectivity index (χ0v) is 19.7. The van der Waals surface area contributed by atoms with E-state index in [1.165, 1.54) is 16.7 Å². The molecule has 0 amide bonds. The fraction of sp³-hybridized carbons (Fsp3) is 0.360. The van der Waals surface area contributed by atoms with E-state index in [0.717, 1.165) is 43.2 Å². The van der Waals surface area contributed by atoms with Crippen molar-refractivity contribution in [2.24, 2.45) is 0 Å². The van der Waals surface area contributed by atoms with Gasteiger partial charge in [0.05, 0.1) is 19.0 Å². The SMILES string of the molecule is COc1cc2c(cc1Nc1ncc(Cl)c(N3CC(C)(C)c4ccccc43)n1)CN(C)CC2. The van der Waals surface area contributed by atoms with Crippen molar-refractivity contribution in [3.8, 4) is 5.75 Å². The third kappa shape index (κ3) is 3.67. The quantitative estimate of drug-likeness (QED) is 0.583. The molecule has 2 aromatic carbocycles. The minimum atomic E-state index is 0.00615. The molecule has 0 spiro atoms. The number of aromatic nitrogens is 2. The van der Waals surface area contributed by atoms with Gasteiger partial charge in [-0.05, 0) is 48.4 Å². The number of nitrogens with one attached hydrogen (secondary N) is 1. The van der Waals surface area contributed by atoms with Gasteiger partial charge in [-0.3, -0.25) is 0 Å². The van der Waals surface area contributed by atoms with Crippen LogP contribution in [0.25, 0.3) is 0 Å². The van der Waals surface area contributed by atoms with Crippen LogP contribution in [-0.2, 0) is 18.4 Å². The summed E-state index contributed by atoms with van der Waals surface area (Å²) in [6, 6.07) is 12.7. The average Bonchev–Trinajstić information content (AvgIpc) is 3.05. The number of benzene rings is 2. The fourth-order valence-electron chi connectivity index (χ4n) is 4.76. The van der Waals surface area contributed by atoms with Crippen molar-refractivity contribution < 1.29 is 4.74 Å². The van der Waals surface area contributed by atoms with Gasteiger partial charge in [-0.15, -0.1) is 0 Å². The van der Waals surface area contributed by atoms with Gasteiger partial charge in [0.15, 0.2) is 5.82 Å². The van der Waals surface area contributed by atoms with Crippen LogP contribution in [-0.4, -0.2) is 42.1 Å². The van der Waals surface area contributed by atoms with Gasteiger partial charge < -0.3 is 19.9 Å². The normalized spacial score (nSPS) is 17.1. The second-order valence-corrected chi connectivity index (χ2v) is 9.69. The Labute approximate surface area is 194 Å². The molecule has 0 bridgehead atoms. The van der Waals surface area contributed by atoms with Gasteiger partial charge in [0.25, 0.3) is 0 Å². The summed E-state index contributed by atoms with van der Waals surface area (Å²) < 4.78 is 5.67. The molecule has 0 saturated heterocycles. The van der Waals surface area contributed by atoms with Crippen LogP contribution in [0.5, 0.6) is 5.75 Å². The van der Waals surface area contributed by atoms with Gasteiger partial charge in [0.1, 0.15) is 10.8 Å². The van der Waals surface area contributed by atoms with Crippen LogP contribution in [0.3, 0.4) is 0 Å². The lowest BCUT2D eigenvalue weighted by Crippen LogP contribution is -2.26. The first-order valence-electron chi connectivity index (χ1n) is 10.9. The van der Waals surface area contributed by atoms with Crippen molar-refractivity contribution in [3.63, 3.8) is 0 Å². The minimum absolute atomic E-state index is 0.00615. The van der Waals surface area contributed by atoms with E-state index < -0.39 is 0 Å². The Morgan fingerprint density at radius 3 is 2.78 bits per heavy atom. The summed E-state index contributed by atoms with van der Waals surface area (Å²) in [6.07, 6.45) is 2.69. The number of rotatable bonds is 4. The average molecular weight is 450 g/mol. The molecule has 0 fully saturated rings. The Balaban J connectivity index is 1.50. The van der Waals surface area contributed by atoms with E-state index in [2.05, 4.69) is 77.4 Å². The molecule has 2 aliphatic rings. The maximum atomic E-state index is 6.58. The Morgan fingerprint density at radius 2 is 1.97 bits per heavy atom. The maximum Gasteiger partial charge on any atom is 0.229 e. The predicted molar refractivity (Wildman–Crippen MR) is 130 cm³/mol. The Kier molecular flexibility index (Phi) is 5.22. The summed E-state index contributed by atoms with van der Waals surface area (Å²) in [4.78, 5) is 13.8. The fourth-order valence-corrected chi connectivity index (χ4v) is 4.95. The Bertz CT molecular complexity index is 1180. The van der Waals surface area contributed by atoms with E-state index in [0.29, 0.717) is 16.8 Å². The standard InChI is InChI=1S/C25H28ClN5O/c1-25(2)15-31(21-8-6-5-7-18(21)25)23-19(26)13-27-24(29-23)28-20-11-17-14-30(3)10-9-16(17)12-22(20)32-4/h5-8,11-13H,9-10,14-15H2,1-4H3,(H,27,28,29). The number of likely N-dealkylation sites (N-methyl/N-ethyl adjacent to an activating group) is 1. The van der Waals surface area contributed by atoms with Crippen LogP contribution < -0.4 is 15.0 Å². The molecule has 0 radical (unpaired) electrons. The molecule has 1 N–H and O–H groups in total. The molecule has 5 rings (SSSR count). The van der Waals surface area contributed by atoms with Gasteiger partial charge >= 0.3 is 0 Å². The number of fused-ring (bicyclic) bond motifs is 2. The molecule has 3 heterocycles. The van der Waals surface area contributed by atoms with Gasteiger partial charge in [-0.2, -0.15) is 4.98 Å². The number of hydrogen-bond donors (Lipinski definition) is 1. The van der Waals surface area contributed by atoms with Gasteiger partial charge in [-0.25, -0.2) is 4.98 Å². The number of hydrogen-bond acceptors (Lipinski definition) is 6. The molecule has 2 aliphatic heterocycles. The molecule has 32 heavy (non-hydrogen) atoms. The van der Waals surface area contributed by atoms with Gasteiger partial charge in [-0.1, -0.05) is 43.6 Å². The molecule has 0 atom stereocenters. The lowest BCUT2D eigenvalue weighted by atomic mass is 9.87. The van der Waals surface area contributed by atoms with Crippen LogP contribution in [0.15, 0.2) is 42.6 Å². The first-order chi connectivity index (χ1) is 15.4. The predicted octanol–water partition coefficient (Wildman–Crippen LogP) is 5.30. The first kappa shape index (κ1) is 21.0. The highest BCUT2D eigenvalue weighted by atomic mass is 35.5. The van der Waals surface area contributed by atoms with Crippen molar-refractivity contribution in [1.82, 2.24) is 14.9 Å². The summed E-state index contributed by atoms with van der Waals surface area (Å²) >= 11 is 6.58. The number of ether oxygens (including phenoxy) is 1. The number of halogens is 1. The van der Waals surface area contributed by atoms with E-state index in [9.17, 15) is 0 Å². The molecule has 166 valence electrons. The number of para-hydroxylation sites is 1. The second-order valence-electron chi connectivity index (χ2n) is 9.29. The smallest absolute Gasteiger partial charge is 0.229 e. The van der Waals surface area contributed by atoms with E-state index in [-0.39, 0.29) is 5.41 Å². The molecule has 0 saturated carbocycles. The summed E-state index contributed by atoms with van der Waals surface area (Å²) in [5.74, 6) is 1.99. The zero-order chi connectivity index (χ0) is 22.5. The van der Waals surface area contributed by atoms with Crippen molar-refractivity contribution in [3.05, 3.63) is 64.3 Å². The highest BCUT2D eigenvalue weighted by molar-refractivity contribution is 6.33. The zero-order valence-electron chi connectivity index (χ0n) is 18.9. The third-order valence-electron chi connectivity index (χ3n) is 6.43. The largest absolute Gasteiger partial charge is 0.495 e. The molecular formula is C25H28ClN5O. The summed E-state index contributed by atoms with van der Waals surface area (Å²) in [7, 11) is 3.84. The van der Waals surface area contributed by atoms with Crippen molar-refractivity contribution in [2.45, 2.75) is 32.2 Å². The Hall–Kier alpha value is -2.83. The van der Waals surface area contributed by atoms with Crippen molar-refractivity contribution in [2.75, 3.05) is 37.5 Å². The van der Waals surface area contributed by atoms with E-state index in [4.69, 9.17) is 21.3 Å². The molecule has 0 aliphatic carbocycles. The summed E-state index contributed by atoms with van der Waals surface area (Å²) in [5, 5.41) is 3.90. The summed E-state index contributed by atoms with van der Waals surface area (Å²) in [6.45, 7) is 7.27. The Morgan fingerprint density at radius 1 is 1.16 bits per heavy atom. The van der Waals surface area contributed by atoms with E-state index in [1.807, 2.05) is 0 Å². The van der Waals surface area contributed by atoms with E-state index >= 15 is 0 Å². The first-order valence-corrected chi connectivity index (χ1v) is 11.3. The van der Waals surface area contributed by atoms with Crippen LogP contribution in [0.2, 0.25) is 5.02 Å². The highest BCUT2D eigenvalue weighted by Crippen LogP contribution is 2.45. The minimum Gasteiger partial charge on any atom is -0.495 e. The van der Waals surface area contributed by atoms with Crippen LogP contribution >= 0.6 is 11.6 Å². The molecule has 1 aromatic heterocycles. The van der Waals surface area contributed by atoms with Crippen LogP contribution in [0, 0.1) is 0 Å².